The van der Waals surface area contributed by atoms with E-state index in [4.69, 9.17) is 4.74 Å². The molecule has 0 radical (unpaired) electrons. The van der Waals surface area contributed by atoms with Crippen molar-refractivity contribution >= 4 is 15.8 Å². The quantitative estimate of drug-likeness (QED) is 0.505. The Kier molecular flexibility index (Phi) is 7.04. The molecule has 1 saturated carbocycles. The second-order valence-electron chi connectivity index (χ2n) is 6.65. The van der Waals surface area contributed by atoms with Crippen molar-refractivity contribution in [2.75, 3.05) is 25.7 Å². The van der Waals surface area contributed by atoms with Crippen LogP contribution in [0.4, 0.5) is 0 Å². The van der Waals surface area contributed by atoms with E-state index in [1.807, 2.05) is 19.1 Å². The lowest BCUT2D eigenvalue weighted by atomic mass is 10.2. The van der Waals surface area contributed by atoms with E-state index in [1.54, 1.807) is 13.2 Å². The smallest absolute Gasteiger partial charge is 0.213 e. The number of pyridine rings is 1. The molecule has 0 spiro atoms. The zero-order valence-electron chi connectivity index (χ0n) is 15.2. The van der Waals surface area contributed by atoms with Gasteiger partial charge in [0.15, 0.2) is 5.96 Å². The number of ether oxygens (including phenoxy) is 1. The second kappa shape index (κ2) is 9.03. The third kappa shape index (κ3) is 8.20. The highest BCUT2D eigenvalue weighted by Crippen LogP contribution is 2.29. The molecule has 1 atom stereocenters. The van der Waals surface area contributed by atoms with E-state index in [2.05, 4.69) is 20.6 Å². The second-order valence-corrected chi connectivity index (χ2v) is 8.91. The van der Waals surface area contributed by atoms with Crippen LogP contribution in [0, 0.1) is 5.92 Å². The largest absolute Gasteiger partial charge is 0.477 e. The summed E-state index contributed by atoms with van der Waals surface area (Å²) in [5.74, 6) is 2.16. The predicted octanol–water partition coefficient (Wildman–Crippen LogP) is 1.36. The zero-order chi connectivity index (χ0) is 18.3. The summed E-state index contributed by atoms with van der Waals surface area (Å²) in [6, 6.07) is 3.87. The van der Waals surface area contributed by atoms with Crippen LogP contribution in [0.1, 0.15) is 31.7 Å². The van der Waals surface area contributed by atoms with E-state index in [-0.39, 0.29) is 11.8 Å². The monoisotopic (exact) mass is 368 g/mol. The summed E-state index contributed by atoms with van der Waals surface area (Å²) in [6.45, 7) is 3.27. The summed E-state index contributed by atoms with van der Waals surface area (Å²) in [4.78, 5) is 8.47. The van der Waals surface area contributed by atoms with Crippen LogP contribution in [-0.4, -0.2) is 51.1 Å². The maximum absolute atomic E-state index is 11.2. The van der Waals surface area contributed by atoms with Crippen LogP contribution in [-0.2, 0) is 16.4 Å². The molecule has 2 N–H and O–H groups in total. The Hall–Kier alpha value is -1.83. The molecule has 1 aromatic heterocycles. The Morgan fingerprint density at radius 2 is 2.20 bits per heavy atom. The van der Waals surface area contributed by atoms with Crippen molar-refractivity contribution in [3.63, 3.8) is 0 Å². The predicted molar refractivity (Wildman–Crippen MR) is 99.6 cm³/mol. The van der Waals surface area contributed by atoms with Crippen LogP contribution in [0.5, 0.6) is 5.88 Å². The van der Waals surface area contributed by atoms with Gasteiger partial charge in [-0.05, 0) is 37.7 Å². The minimum Gasteiger partial charge on any atom is -0.477 e. The van der Waals surface area contributed by atoms with Crippen molar-refractivity contribution in [2.45, 2.75) is 38.8 Å². The van der Waals surface area contributed by atoms with Crippen LogP contribution in [0.25, 0.3) is 0 Å². The number of nitrogens with zero attached hydrogens (tertiary/aromatic N) is 2. The molecule has 1 aliphatic carbocycles. The van der Waals surface area contributed by atoms with Gasteiger partial charge in [-0.15, -0.1) is 0 Å². The number of hydrogen-bond donors (Lipinski definition) is 2. The van der Waals surface area contributed by atoms with E-state index in [0.29, 0.717) is 30.7 Å². The maximum atomic E-state index is 11.2. The van der Waals surface area contributed by atoms with Crippen molar-refractivity contribution in [3.8, 4) is 5.88 Å². The Bertz CT molecular complexity index is 670. The summed E-state index contributed by atoms with van der Waals surface area (Å²) in [7, 11) is -1.26. The Morgan fingerprint density at radius 1 is 1.44 bits per heavy atom. The van der Waals surface area contributed by atoms with Crippen molar-refractivity contribution in [1.29, 1.82) is 0 Å². The lowest BCUT2D eigenvalue weighted by molar-refractivity contribution is 0.288. The standard InChI is InChI=1S/C17H28N4O3S/c1-13(8-9-25(3,22)23)21-17(18-2)20-11-15-6-7-16(19-10-15)24-12-14-4-5-14/h6-7,10,13-14H,4-5,8-9,11-12H2,1-3H3,(H2,18,20,21). The molecule has 140 valence electrons. The van der Waals surface area contributed by atoms with E-state index in [9.17, 15) is 8.42 Å². The fourth-order valence-electron chi connectivity index (χ4n) is 2.17. The molecule has 1 aromatic rings. The van der Waals surface area contributed by atoms with Crippen molar-refractivity contribution in [3.05, 3.63) is 23.9 Å². The Labute approximate surface area is 150 Å². The van der Waals surface area contributed by atoms with Gasteiger partial charge in [-0.3, -0.25) is 4.99 Å². The zero-order valence-corrected chi connectivity index (χ0v) is 16.0. The summed E-state index contributed by atoms with van der Waals surface area (Å²) in [5, 5.41) is 6.39. The topological polar surface area (TPSA) is 92.7 Å². The Morgan fingerprint density at radius 3 is 2.76 bits per heavy atom. The molecule has 1 heterocycles. The van der Waals surface area contributed by atoms with E-state index >= 15 is 0 Å². The molecule has 25 heavy (non-hydrogen) atoms. The first kappa shape index (κ1) is 19.5. The van der Waals surface area contributed by atoms with E-state index in [0.717, 1.165) is 12.2 Å². The van der Waals surface area contributed by atoms with Crippen LogP contribution in [0.3, 0.4) is 0 Å². The van der Waals surface area contributed by atoms with Crippen LogP contribution >= 0.6 is 0 Å². The van der Waals surface area contributed by atoms with Gasteiger partial charge in [0, 0.05) is 38.2 Å². The molecule has 0 aromatic carbocycles. The van der Waals surface area contributed by atoms with Crippen LogP contribution in [0.2, 0.25) is 0 Å². The summed E-state index contributed by atoms with van der Waals surface area (Å²) in [6.07, 6.45) is 6.09. The minimum atomic E-state index is -2.95. The molecular formula is C17H28N4O3S. The highest BCUT2D eigenvalue weighted by Gasteiger charge is 2.22. The Balaban J connectivity index is 1.73. The van der Waals surface area contributed by atoms with E-state index in [1.165, 1.54) is 19.1 Å². The maximum Gasteiger partial charge on any atom is 0.213 e. The van der Waals surface area contributed by atoms with Gasteiger partial charge in [0.2, 0.25) is 5.88 Å². The third-order valence-corrected chi connectivity index (χ3v) is 4.93. The van der Waals surface area contributed by atoms with E-state index < -0.39 is 9.84 Å². The first-order valence-corrected chi connectivity index (χ1v) is 10.6. The molecule has 1 unspecified atom stereocenters. The lowest BCUT2D eigenvalue weighted by Gasteiger charge is -2.17. The molecule has 2 rings (SSSR count). The summed E-state index contributed by atoms with van der Waals surface area (Å²) < 4.78 is 28.1. The van der Waals surface area contributed by atoms with Gasteiger partial charge < -0.3 is 15.4 Å². The minimum absolute atomic E-state index is 0.0113. The van der Waals surface area contributed by atoms with Crippen molar-refractivity contribution < 1.29 is 13.2 Å². The van der Waals surface area contributed by atoms with Crippen molar-refractivity contribution in [2.24, 2.45) is 10.9 Å². The van der Waals surface area contributed by atoms with Gasteiger partial charge in [-0.1, -0.05) is 6.07 Å². The number of aromatic nitrogens is 1. The molecule has 8 heteroatoms. The third-order valence-electron chi connectivity index (χ3n) is 3.95. The number of hydrogen-bond acceptors (Lipinski definition) is 5. The molecule has 0 aliphatic heterocycles. The normalized spacial score (nSPS) is 16.4. The molecule has 7 nitrogen and oxygen atoms in total. The SMILES string of the molecule is CN=C(NCc1ccc(OCC2CC2)nc1)NC(C)CCS(C)(=O)=O. The van der Waals surface area contributed by atoms with Crippen LogP contribution in [0.15, 0.2) is 23.3 Å². The average Bonchev–Trinajstić information content (AvgIpc) is 3.39. The highest BCUT2D eigenvalue weighted by molar-refractivity contribution is 7.90. The first-order chi connectivity index (χ1) is 11.9. The summed E-state index contributed by atoms with van der Waals surface area (Å²) in [5.41, 5.74) is 1.02. The van der Waals surface area contributed by atoms with Gasteiger partial charge >= 0.3 is 0 Å². The number of rotatable bonds is 9. The number of sulfone groups is 1. The molecule has 0 bridgehead atoms. The van der Waals surface area contributed by atoms with Gasteiger partial charge in [-0.25, -0.2) is 13.4 Å². The van der Waals surface area contributed by atoms with Gasteiger partial charge in [0.1, 0.15) is 9.84 Å². The molecule has 0 saturated heterocycles. The van der Waals surface area contributed by atoms with Crippen molar-refractivity contribution in [1.82, 2.24) is 15.6 Å². The first-order valence-electron chi connectivity index (χ1n) is 8.58. The van der Waals surface area contributed by atoms with Gasteiger partial charge in [0.05, 0.1) is 12.4 Å². The highest BCUT2D eigenvalue weighted by atomic mass is 32.2. The molecule has 0 amide bonds. The van der Waals surface area contributed by atoms with Gasteiger partial charge in [-0.2, -0.15) is 0 Å². The van der Waals surface area contributed by atoms with Gasteiger partial charge in [0.25, 0.3) is 0 Å². The summed E-state index contributed by atoms with van der Waals surface area (Å²) >= 11 is 0. The molecule has 1 fully saturated rings. The number of aliphatic imine (C=N–C) groups is 1. The fourth-order valence-corrected chi connectivity index (χ4v) is 2.95. The molecular weight excluding hydrogens is 340 g/mol. The molecule has 1 aliphatic rings. The number of guanidine groups is 1. The number of nitrogens with one attached hydrogen (secondary N) is 2. The lowest BCUT2D eigenvalue weighted by Crippen LogP contribution is -2.42. The fraction of sp³-hybridized carbons (Fsp3) is 0.647. The van der Waals surface area contributed by atoms with Crippen LogP contribution < -0.4 is 15.4 Å². The average molecular weight is 369 g/mol.